The lowest BCUT2D eigenvalue weighted by Gasteiger charge is -2.47. The van der Waals surface area contributed by atoms with Crippen molar-refractivity contribution in [1.29, 1.82) is 0 Å². The third kappa shape index (κ3) is 5.34. The minimum absolute atomic E-state index is 0.0786. The first-order valence-corrected chi connectivity index (χ1v) is 14.9. The molecule has 0 aliphatic carbocycles. The predicted octanol–water partition coefficient (Wildman–Crippen LogP) is 7.60. The van der Waals surface area contributed by atoms with E-state index >= 15 is 0 Å². The van der Waals surface area contributed by atoms with Crippen LogP contribution in [-0.4, -0.2) is 22.5 Å². The van der Waals surface area contributed by atoms with Crippen LogP contribution in [0.2, 0.25) is 33.2 Å². The predicted molar refractivity (Wildman–Crippen MR) is 130 cm³/mol. The minimum atomic E-state index is -4.06. The normalized spacial score (nSPS) is 13.4. The molecule has 0 atom stereocenters. The zero-order chi connectivity index (χ0) is 23.1. The molecule has 0 aliphatic rings. The highest BCUT2D eigenvalue weighted by molar-refractivity contribution is 7.93. The highest BCUT2D eigenvalue weighted by atomic mass is 35.5. The Morgan fingerprint density at radius 2 is 1.37 bits per heavy atom. The van der Waals surface area contributed by atoms with E-state index in [1.54, 1.807) is 26.0 Å². The molecule has 0 bridgehead atoms. The molecule has 30 heavy (non-hydrogen) atoms. The van der Waals surface area contributed by atoms with Crippen molar-refractivity contribution in [2.75, 3.05) is 4.31 Å². The molecule has 0 radical (unpaired) electrons. The lowest BCUT2D eigenvalue weighted by atomic mass is 10.2. The van der Waals surface area contributed by atoms with Gasteiger partial charge in [0.1, 0.15) is 5.72 Å². The number of rotatable bonds is 6. The topological polar surface area (TPSA) is 46.6 Å². The highest BCUT2D eigenvalue weighted by Crippen LogP contribution is 2.44. The standard InChI is InChI=1S/C21H28Cl3NO3SSi/c1-20(2,3)30(6,7)28-21(4,5)25(19-14-16(23)10-13-18(19)24)29(26,27)17-11-8-15(22)9-12-17/h8-14H,1-7H3. The first kappa shape index (κ1) is 25.5. The maximum atomic E-state index is 13.8. The van der Waals surface area contributed by atoms with E-state index in [2.05, 4.69) is 33.9 Å². The third-order valence-corrected chi connectivity index (χ3v) is 12.7. The van der Waals surface area contributed by atoms with Gasteiger partial charge in [0.15, 0.2) is 8.32 Å². The smallest absolute Gasteiger partial charge is 0.266 e. The average Bonchev–Trinajstić information content (AvgIpc) is 2.56. The van der Waals surface area contributed by atoms with Crippen LogP contribution >= 0.6 is 34.8 Å². The Kier molecular flexibility index (Phi) is 7.34. The summed E-state index contributed by atoms with van der Waals surface area (Å²) in [6.45, 7) is 13.9. The molecule has 0 aromatic heterocycles. The van der Waals surface area contributed by atoms with Crippen molar-refractivity contribution in [1.82, 2.24) is 0 Å². The Balaban J connectivity index is 2.74. The number of nitrogens with zero attached hydrogens (tertiary/aromatic N) is 1. The third-order valence-electron chi connectivity index (χ3n) is 5.28. The molecule has 0 aliphatic heterocycles. The summed E-state index contributed by atoms with van der Waals surface area (Å²) >= 11 is 18.6. The maximum Gasteiger partial charge on any atom is 0.266 e. The van der Waals surface area contributed by atoms with E-state index in [0.29, 0.717) is 10.0 Å². The molecule has 2 rings (SSSR count). The van der Waals surface area contributed by atoms with E-state index in [0.717, 1.165) is 0 Å². The van der Waals surface area contributed by atoms with E-state index in [1.807, 2.05) is 0 Å². The molecule has 0 amide bonds. The van der Waals surface area contributed by atoms with E-state index in [4.69, 9.17) is 39.2 Å². The second-order valence-corrected chi connectivity index (χ2v) is 16.9. The van der Waals surface area contributed by atoms with Crippen LogP contribution in [0.3, 0.4) is 0 Å². The summed E-state index contributed by atoms with van der Waals surface area (Å²) in [6.07, 6.45) is 0. The summed E-state index contributed by atoms with van der Waals surface area (Å²) in [7, 11) is -6.42. The lowest BCUT2D eigenvalue weighted by molar-refractivity contribution is 0.104. The van der Waals surface area contributed by atoms with Crippen molar-refractivity contribution in [2.24, 2.45) is 0 Å². The fourth-order valence-corrected chi connectivity index (χ4v) is 6.86. The van der Waals surface area contributed by atoms with Gasteiger partial charge < -0.3 is 4.43 Å². The van der Waals surface area contributed by atoms with Crippen LogP contribution in [-0.2, 0) is 14.4 Å². The Labute approximate surface area is 196 Å². The van der Waals surface area contributed by atoms with Crippen molar-refractivity contribution in [3.63, 3.8) is 0 Å². The summed E-state index contributed by atoms with van der Waals surface area (Å²) in [4.78, 5) is 0.0786. The molecule has 166 valence electrons. The molecule has 0 saturated carbocycles. The van der Waals surface area contributed by atoms with Gasteiger partial charge in [-0.15, -0.1) is 0 Å². The summed E-state index contributed by atoms with van der Waals surface area (Å²) < 4.78 is 35.4. The first-order chi connectivity index (χ1) is 13.5. The number of hydrogen-bond acceptors (Lipinski definition) is 3. The molecule has 9 heteroatoms. The van der Waals surface area contributed by atoms with Crippen LogP contribution in [0.4, 0.5) is 5.69 Å². The van der Waals surface area contributed by atoms with Gasteiger partial charge in [-0.3, -0.25) is 0 Å². The van der Waals surface area contributed by atoms with Crippen LogP contribution in [0.5, 0.6) is 0 Å². The molecule has 0 N–H and O–H groups in total. The molecular formula is C21H28Cl3NO3SSi. The maximum absolute atomic E-state index is 13.8. The zero-order valence-corrected chi connectivity index (χ0v) is 22.3. The molecule has 4 nitrogen and oxygen atoms in total. The number of hydrogen-bond donors (Lipinski definition) is 0. The molecule has 0 unspecified atom stereocenters. The van der Waals surface area contributed by atoms with Gasteiger partial charge in [-0.25, -0.2) is 12.7 Å². The van der Waals surface area contributed by atoms with Gasteiger partial charge >= 0.3 is 0 Å². The van der Waals surface area contributed by atoms with E-state index in [-0.39, 0.29) is 20.6 Å². The van der Waals surface area contributed by atoms with Crippen molar-refractivity contribution in [3.05, 3.63) is 57.5 Å². The van der Waals surface area contributed by atoms with Crippen molar-refractivity contribution >= 4 is 58.8 Å². The quantitative estimate of drug-likeness (QED) is 0.298. The number of benzene rings is 2. The SMILES string of the molecule is CC(C)(O[Si](C)(C)C(C)(C)C)N(c1cc(Cl)ccc1Cl)S(=O)(=O)c1ccc(Cl)cc1. The van der Waals surface area contributed by atoms with Gasteiger partial charge in [-0.2, -0.15) is 0 Å². The van der Waals surface area contributed by atoms with Crippen LogP contribution in [0.1, 0.15) is 34.6 Å². The zero-order valence-electron chi connectivity index (χ0n) is 18.3. The Hall–Kier alpha value is -0.763. The molecule has 0 saturated heterocycles. The van der Waals surface area contributed by atoms with Gasteiger partial charge in [-0.05, 0) is 74.4 Å². The van der Waals surface area contributed by atoms with Gasteiger partial charge in [0.05, 0.1) is 15.6 Å². The molecule has 0 fully saturated rings. The Morgan fingerprint density at radius 3 is 1.87 bits per heavy atom. The average molecular weight is 509 g/mol. The fourth-order valence-electron chi connectivity index (χ4n) is 2.88. The second-order valence-electron chi connectivity index (χ2n) is 9.13. The summed E-state index contributed by atoms with van der Waals surface area (Å²) in [5, 5.41) is 0.939. The Morgan fingerprint density at radius 1 is 0.867 bits per heavy atom. The van der Waals surface area contributed by atoms with Crippen LogP contribution in [0.15, 0.2) is 47.4 Å². The molecule has 2 aromatic carbocycles. The second kappa shape index (κ2) is 8.64. The van der Waals surface area contributed by atoms with Crippen LogP contribution in [0.25, 0.3) is 0 Å². The summed E-state index contributed by atoms with van der Waals surface area (Å²) in [5.41, 5.74) is -0.988. The van der Waals surface area contributed by atoms with Crippen molar-refractivity contribution < 1.29 is 12.8 Å². The van der Waals surface area contributed by atoms with E-state index < -0.39 is 24.1 Å². The number of halogens is 3. The molecular weight excluding hydrogens is 481 g/mol. The minimum Gasteiger partial charge on any atom is -0.394 e. The molecule has 2 aromatic rings. The summed E-state index contributed by atoms with van der Waals surface area (Å²) in [6, 6.07) is 10.7. The van der Waals surface area contributed by atoms with Crippen LogP contribution in [0, 0.1) is 0 Å². The first-order valence-electron chi connectivity index (χ1n) is 9.45. The van der Waals surface area contributed by atoms with Gasteiger partial charge in [0.2, 0.25) is 0 Å². The van der Waals surface area contributed by atoms with Gasteiger partial charge in [0.25, 0.3) is 10.0 Å². The van der Waals surface area contributed by atoms with E-state index in [1.165, 1.54) is 34.6 Å². The molecule has 0 heterocycles. The van der Waals surface area contributed by atoms with Gasteiger partial charge in [0, 0.05) is 10.0 Å². The number of sulfonamides is 1. The van der Waals surface area contributed by atoms with Crippen molar-refractivity contribution in [3.8, 4) is 0 Å². The number of anilines is 1. The monoisotopic (exact) mass is 507 g/mol. The fraction of sp³-hybridized carbons (Fsp3) is 0.429. The van der Waals surface area contributed by atoms with E-state index in [9.17, 15) is 8.42 Å². The largest absolute Gasteiger partial charge is 0.394 e. The molecule has 0 spiro atoms. The highest BCUT2D eigenvalue weighted by Gasteiger charge is 2.47. The summed E-state index contributed by atoms with van der Waals surface area (Å²) in [5.74, 6) is 0. The lowest BCUT2D eigenvalue weighted by Crippen LogP contribution is -2.57. The van der Waals surface area contributed by atoms with Gasteiger partial charge in [-0.1, -0.05) is 55.6 Å². The van der Waals surface area contributed by atoms with Crippen LogP contribution < -0.4 is 4.31 Å². The Bertz CT molecular complexity index is 1020. The van der Waals surface area contributed by atoms with Crippen molar-refractivity contribution in [2.45, 2.75) is 63.4 Å².